The minimum atomic E-state index is -0.650. The first-order valence-corrected chi connectivity index (χ1v) is 31.0. The van der Waals surface area contributed by atoms with E-state index in [0.29, 0.717) is 35.9 Å². The molecule has 3 aromatic carbocycles. The fourth-order valence-corrected chi connectivity index (χ4v) is 10.3. The third kappa shape index (κ3) is 31.9. The second-order valence-electron chi connectivity index (χ2n) is 21.2. The number of carbonyl (C=O) groups excluding carboxylic acids is 2. The van der Waals surface area contributed by atoms with Crippen molar-refractivity contribution in [3.8, 4) is 11.5 Å². The summed E-state index contributed by atoms with van der Waals surface area (Å²) in [6.45, 7) is 17.3. The molecule has 0 heterocycles. The smallest absolute Gasteiger partial charge is 0.333 e. The number of ether oxygens (including phenoxy) is 6. The zero-order valence-electron chi connectivity index (χ0n) is 47.9. The molecule has 0 aliphatic rings. The summed E-state index contributed by atoms with van der Waals surface area (Å²) in [6, 6.07) is 20.0. The van der Waals surface area contributed by atoms with Crippen LogP contribution in [0.5, 0.6) is 11.5 Å². The van der Waals surface area contributed by atoms with Crippen molar-refractivity contribution in [2.24, 2.45) is 0 Å². The Morgan fingerprint density at radius 2 is 0.787 bits per heavy atom. The lowest BCUT2D eigenvalue weighted by Gasteiger charge is -2.23. The molecule has 0 aromatic heterocycles. The standard InChI is InChI=1S/C66H104O8S/c1-7-9-11-13-15-17-19-21-23-25-27-29-31-33-35-42-48-69-51-57(73-65(67)55(3)4)53-71-62-50-63(75-59-44-38-37-39-45-59)64(61-47-41-40-46-60(61)62)72-54-58(74-66(68)56(5)6)52-70-49-43-36-34-32-30-28-26-24-22-20-18-16-14-12-10-8-2/h37-41,44-47,50,57-58H,3,5,7-36,42-43,48-49,51-54H2,1-2,4,6H3. The summed E-state index contributed by atoms with van der Waals surface area (Å²) in [5.74, 6) is 0.323. The van der Waals surface area contributed by atoms with Gasteiger partial charge in [0.2, 0.25) is 0 Å². The summed E-state index contributed by atoms with van der Waals surface area (Å²) in [5.41, 5.74) is 0.645. The number of rotatable bonds is 50. The zero-order valence-corrected chi connectivity index (χ0v) is 48.7. The SMILES string of the molecule is C=C(C)C(=O)OC(COCCCCCCCCCCCCCCCCCC)COc1cc(Sc2ccccc2)c(OCC(COCCCCCCCCCCCCCCCCCC)OC(=O)C(=C)C)c2ccccc12. The minimum absolute atomic E-state index is 0.0835. The van der Waals surface area contributed by atoms with Crippen LogP contribution in [0.15, 0.2) is 94.8 Å². The normalized spacial score (nSPS) is 12.2. The van der Waals surface area contributed by atoms with Crippen LogP contribution in [0.1, 0.15) is 233 Å². The Kier molecular flexibility index (Phi) is 38.6. The Morgan fingerprint density at radius 1 is 0.440 bits per heavy atom. The molecule has 2 unspecified atom stereocenters. The summed E-state index contributed by atoms with van der Waals surface area (Å²) in [4.78, 5) is 27.5. The first kappa shape index (κ1) is 65.5. The van der Waals surface area contributed by atoms with Gasteiger partial charge in [0.25, 0.3) is 0 Å². The maximum Gasteiger partial charge on any atom is 0.333 e. The van der Waals surface area contributed by atoms with Crippen LogP contribution in [-0.2, 0) is 28.5 Å². The zero-order chi connectivity index (χ0) is 53.8. The number of unbranched alkanes of at least 4 members (excludes halogenated alkanes) is 30. The van der Waals surface area contributed by atoms with Gasteiger partial charge in [-0.3, -0.25) is 0 Å². The first-order chi connectivity index (χ1) is 36.7. The van der Waals surface area contributed by atoms with E-state index in [2.05, 4.69) is 39.1 Å². The molecule has 0 fully saturated rings. The molecule has 422 valence electrons. The minimum Gasteiger partial charge on any atom is -0.489 e. The Labute approximate surface area is 461 Å². The number of hydrogen-bond acceptors (Lipinski definition) is 9. The summed E-state index contributed by atoms with van der Waals surface area (Å²) in [7, 11) is 0. The van der Waals surface area contributed by atoms with Crippen LogP contribution in [0.3, 0.4) is 0 Å². The molecule has 0 amide bonds. The van der Waals surface area contributed by atoms with E-state index in [1.807, 2.05) is 48.5 Å². The van der Waals surface area contributed by atoms with Crippen molar-refractivity contribution in [2.45, 2.75) is 255 Å². The maximum atomic E-state index is 12.9. The average molecular weight is 1060 g/mol. The van der Waals surface area contributed by atoms with Crippen LogP contribution >= 0.6 is 11.8 Å². The van der Waals surface area contributed by atoms with E-state index in [0.717, 1.165) is 46.2 Å². The Bertz CT molecular complexity index is 1930. The van der Waals surface area contributed by atoms with Crippen molar-refractivity contribution in [3.05, 3.63) is 85.0 Å². The molecule has 3 aromatic rings. The second kappa shape index (κ2) is 44.2. The van der Waals surface area contributed by atoms with E-state index in [1.54, 1.807) is 25.6 Å². The largest absolute Gasteiger partial charge is 0.489 e. The quantitative estimate of drug-likeness (QED) is 0.0311. The van der Waals surface area contributed by atoms with Crippen LogP contribution < -0.4 is 9.47 Å². The van der Waals surface area contributed by atoms with Gasteiger partial charge in [0.1, 0.15) is 24.7 Å². The number of benzene rings is 3. The highest BCUT2D eigenvalue weighted by molar-refractivity contribution is 7.99. The predicted octanol–water partition coefficient (Wildman–Crippen LogP) is 19.3. The molecule has 3 rings (SSSR count). The molecule has 0 spiro atoms. The molecule has 0 N–H and O–H groups in total. The highest BCUT2D eigenvalue weighted by atomic mass is 32.2. The van der Waals surface area contributed by atoms with Crippen LogP contribution in [0.2, 0.25) is 0 Å². The lowest BCUT2D eigenvalue weighted by atomic mass is 10.0. The van der Waals surface area contributed by atoms with Gasteiger partial charge in [-0.1, -0.05) is 274 Å². The predicted molar refractivity (Wildman–Crippen MR) is 316 cm³/mol. The molecule has 9 heteroatoms. The van der Waals surface area contributed by atoms with Gasteiger partial charge in [0.05, 0.1) is 18.1 Å². The van der Waals surface area contributed by atoms with Gasteiger partial charge in [0.15, 0.2) is 12.2 Å². The van der Waals surface area contributed by atoms with Gasteiger partial charge in [0, 0.05) is 40.0 Å². The molecule has 0 bridgehead atoms. The van der Waals surface area contributed by atoms with E-state index < -0.39 is 24.1 Å². The first-order valence-electron chi connectivity index (χ1n) is 30.2. The maximum absolute atomic E-state index is 12.9. The summed E-state index contributed by atoms with van der Waals surface area (Å²) in [6.07, 6.45) is 40.8. The van der Waals surface area contributed by atoms with Crippen LogP contribution in [0.4, 0.5) is 0 Å². The van der Waals surface area contributed by atoms with E-state index in [-0.39, 0.29) is 26.4 Å². The van der Waals surface area contributed by atoms with Crippen molar-refractivity contribution in [1.82, 2.24) is 0 Å². The van der Waals surface area contributed by atoms with Gasteiger partial charge in [-0.15, -0.1) is 0 Å². The van der Waals surface area contributed by atoms with Crippen LogP contribution in [0.25, 0.3) is 10.8 Å². The third-order valence-corrected chi connectivity index (χ3v) is 14.9. The summed E-state index contributed by atoms with van der Waals surface area (Å²) >= 11 is 1.56. The molecule has 75 heavy (non-hydrogen) atoms. The lowest BCUT2D eigenvalue weighted by molar-refractivity contribution is -0.150. The summed E-state index contributed by atoms with van der Waals surface area (Å²) in [5, 5.41) is 1.67. The molecule has 0 aliphatic carbocycles. The van der Waals surface area contributed by atoms with Gasteiger partial charge in [-0.05, 0) is 44.9 Å². The van der Waals surface area contributed by atoms with Gasteiger partial charge in [-0.2, -0.15) is 0 Å². The van der Waals surface area contributed by atoms with Crippen LogP contribution in [-0.4, -0.2) is 63.8 Å². The number of hydrogen-bond donors (Lipinski definition) is 0. The fourth-order valence-electron chi connectivity index (χ4n) is 9.28. The molecule has 0 saturated heterocycles. The molecular weight excluding hydrogens is 953 g/mol. The molecule has 2 atom stereocenters. The topological polar surface area (TPSA) is 89.5 Å². The van der Waals surface area contributed by atoms with Gasteiger partial charge >= 0.3 is 11.9 Å². The molecule has 0 radical (unpaired) electrons. The number of esters is 2. The molecule has 0 saturated carbocycles. The van der Waals surface area contributed by atoms with Crippen molar-refractivity contribution in [1.29, 1.82) is 0 Å². The Balaban J connectivity index is 1.53. The fraction of sp³-hybridized carbons (Fsp3) is 0.667. The second-order valence-corrected chi connectivity index (χ2v) is 22.3. The van der Waals surface area contributed by atoms with Crippen molar-refractivity contribution < 1.29 is 38.0 Å². The van der Waals surface area contributed by atoms with Crippen LogP contribution in [0, 0.1) is 0 Å². The Hall–Kier alpha value is -3.79. The van der Waals surface area contributed by atoms with Crippen molar-refractivity contribution in [3.63, 3.8) is 0 Å². The lowest BCUT2D eigenvalue weighted by Crippen LogP contribution is -2.30. The van der Waals surface area contributed by atoms with E-state index in [9.17, 15) is 9.59 Å². The van der Waals surface area contributed by atoms with Gasteiger partial charge < -0.3 is 28.4 Å². The summed E-state index contributed by atoms with van der Waals surface area (Å²) < 4.78 is 37.3. The molecule has 0 aliphatic heterocycles. The number of carbonyl (C=O) groups is 2. The number of fused-ring (bicyclic) bond motifs is 1. The molecule has 8 nitrogen and oxygen atoms in total. The Morgan fingerprint density at radius 3 is 1.17 bits per heavy atom. The third-order valence-electron chi connectivity index (χ3n) is 13.9. The highest BCUT2D eigenvalue weighted by Crippen LogP contribution is 2.44. The van der Waals surface area contributed by atoms with Crippen molar-refractivity contribution in [2.75, 3.05) is 39.6 Å². The highest BCUT2D eigenvalue weighted by Gasteiger charge is 2.23. The average Bonchev–Trinajstić information content (AvgIpc) is 3.41. The van der Waals surface area contributed by atoms with E-state index in [4.69, 9.17) is 28.4 Å². The monoisotopic (exact) mass is 1060 g/mol. The molecular formula is C66H104O8S. The van der Waals surface area contributed by atoms with E-state index in [1.165, 1.54) is 180 Å². The van der Waals surface area contributed by atoms with Gasteiger partial charge in [-0.25, -0.2) is 9.59 Å². The van der Waals surface area contributed by atoms with Crippen molar-refractivity contribution >= 4 is 34.5 Å². The van der Waals surface area contributed by atoms with E-state index >= 15 is 0 Å².